The smallest absolute Gasteiger partial charge is 0.257 e. The van der Waals surface area contributed by atoms with Crippen LogP contribution in [0.5, 0.6) is 0 Å². The fourth-order valence-electron chi connectivity index (χ4n) is 3.86. The Morgan fingerprint density at radius 3 is 2.59 bits per heavy atom. The number of aromatic nitrogens is 3. The number of rotatable bonds is 3. The van der Waals surface area contributed by atoms with Gasteiger partial charge >= 0.3 is 0 Å². The Labute approximate surface area is 158 Å². The molecule has 1 amide bonds. The van der Waals surface area contributed by atoms with Crippen molar-refractivity contribution in [2.24, 2.45) is 0 Å². The lowest BCUT2D eigenvalue weighted by atomic mass is 9.97. The second kappa shape index (κ2) is 7.08. The summed E-state index contributed by atoms with van der Waals surface area (Å²) in [6.07, 6.45) is 6.35. The zero-order valence-electron chi connectivity index (χ0n) is 15.2. The molecule has 0 bridgehead atoms. The third-order valence-corrected chi connectivity index (χ3v) is 6.70. The van der Waals surface area contributed by atoms with Gasteiger partial charge in [0.15, 0.2) is 0 Å². The summed E-state index contributed by atoms with van der Waals surface area (Å²) < 4.78 is 32.1. The number of furan rings is 1. The highest BCUT2D eigenvalue weighted by molar-refractivity contribution is 7.88. The molecular weight excluding hydrogens is 370 g/mol. The first-order valence-electron chi connectivity index (χ1n) is 9.12. The number of carbonyl (C=O) groups excluding carboxylic acids is 1. The van der Waals surface area contributed by atoms with Crippen molar-refractivity contribution in [3.63, 3.8) is 0 Å². The Bertz CT molecular complexity index is 913. The molecular formula is C17H23N5O4S. The van der Waals surface area contributed by atoms with Gasteiger partial charge in [-0.05, 0) is 18.9 Å². The first kappa shape index (κ1) is 18.2. The Balaban J connectivity index is 1.45. The summed E-state index contributed by atoms with van der Waals surface area (Å²) in [5.41, 5.74) is 0.557. The lowest BCUT2D eigenvalue weighted by Crippen LogP contribution is -2.37. The summed E-state index contributed by atoms with van der Waals surface area (Å²) in [4.78, 5) is 14.4. The van der Waals surface area contributed by atoms with Crippen molar-refractivity contribution in [3.8, 4) is 0 Å². The molecule has 10 heteroatoms. The van der Waals surface area contributed by atoms with Crippen molar-refractivity contribution in [2.45, 2.75) is 31.7 Å². The molecule has 1 saturated heterocycles. The van der Waals surface area contributed by atoms with Gasteiger partial charge < -0.3 is 13.9 Å². The van der Waals surface area contributed by atoms with Crippen LogP contribution in [0.4, 0.5) is 0 Å². The molecule has 0 unspecified atom stereocenters. The van der Waals surface area contributed by atoms with E-state index in [0.717, 1.165) is 24.5 Å². The van der Waals surface area contributed by atoms with Crippen LogP contribution in [-0.2, 0) is 23.0 Å². The van der Waals surface area contributed by atoms with Crippen LogP contribution in [0.1, 0.15) is 40.8 Å². The predicted octanol–water partition coefficient (Wildman–Crippen LogP) is 0.709. The van der Waals surface area contributed by atoms with Crippen molar-refractivity contribution in [1.82, 2.24) is 24.0 Å². The van der Waals surface area contributed by atoms with Crippen molar-refractivity contribution < 1.29 is 17.6 Å². The molecule has 1 fully saturated rings. The number of fused-ring (bicyclic) bond motifs is 1. The highest BCUT2D eigenvalue weighted by Gasteiger charge is 2.31. The van der Waals surface area contributed by atoms with E-state index in [2.05, 4.69) is 14.8 Å². The van der Waals surface area contributed by atoms with Gasteiger partial charge in [-0.25, -0.2) is 12.7 Å². The number of piperidine rings is 1. The first-order chi connectivity index (χ1) is 12.9. The minimum absolute atomic E-state index is 0.0366. The molecule has 2 aliphatic heterocycles. The molecule has 0 spiro atoms. The molecule has 0 aromatic carbocycles. The number of amides is 1. The molecule has 4 rings (SSSR count). The van der Waals surface area contributed by atoms with Crippen LogP contribution in [-0.4, -0.2) is 70.7 Å². The number of sulfonamides is 1. The van der Waals surface area contributed by atoms with Crippen LogP contribution in [0.3, 0.4) is 0 Å². The molecule has 0 aliphatic carbocycles. The molecule has 4 heterocycles. The third kappa shape index (κ3) is 3.63. The van der Waals surface area contributed by atoms with E-state index in [1.807, 2.05) is 4.90 Å². The number of nitrogens with zero attached hydrogens (tertiary/aromatic N) is 5. The van der Waals surface area contributed by atoms with Crippen LogP contribution in [0, 0.1) is 0 Å². The van der Waals surface area contributed by atoms with Gasteiger partial charge in [0.2, 0.25) is 10.0 Å². The van der Waals surface area contributed by atoms with Gasteiger partial charge in [0, 0.05) is 45.1 Å². The summed E-state index contributed by atoms with van der Waals surface area (Å²) in [6.45, 7) is 2.85. The van der Waals surface area contributed by atoms with Crippen molar-refractivity contribution >= 4 is 15.9 Å². The zero-order chi connectivity index (χ0) is 19.0. The van der Waals surface area contributed by atoms with E-state index in [1.165, 1.54) is 23.1 Å². The maximum atomic E-state index is 12.6. The van der Waals surface area contributed by atoms with Gasteiger partial charge in [-0.15, -0.1) is 10.2 Å². The largest absolute Gasteiger partial charge is 0.472 e. The highest BCUT2D eigenvalue weighted by Crippen LogP contribution is 2.29. The van der Waals surface area contributed by atoms with Gasteiger partial charge in [0.25, 0.3) is 5.91 Å². The first-order valence-corrected chi connectivity index (χ1v) is 11.0. The highest BCUT2D eigenvalue weighted by atomic mass is 32.2. The number of carbonyl (C=O) groups is 1. The van der Waals surface area contributed by atoms with E-state index >= 15 is 0 Å². The summed E-state index contributed by atoms with van der Waals surface area (Å²) in [5, 5.41) is 8.74. The molecule has 2 aromatic heterocycles. The average molecular weight is 393 g/mol. The second-order valence-electron chi connectivity index (χ2n) is 7.12. The van der Waals surface area contributed by atoms with Crippen LogP contribution in [0.25, 0.3) is 0 Å². The van der Waals surface area contributed by atoms with Crippen molar-refractivity contribution in [3.05, 3.63) is 35.8 Å². The summed E-state index contributed by atoms with van der Waals surface area (Å²) in [6, 6.07) is 1.67. The summed E-state index contributed by atoms with van der Waals surface area (Å²) in [5.74, 6) is 1.96. The van der Waals surface area contributed by atoms with Crippen LogP contribution in [0.2, 0.25) is 0 Å². The van der Waals surface area contributed by atoms with E-state index in [-0.39, 0.29) is 11.8 Å². The molecule has 0 radical (unpaired) electrons. The predicted molar refractivity (Wildman–Crippen MR) is 96.7 cm³/mol. The molecule has 27 heavy (non-hydrogen) atoms. The lowest BCUT2D eigenvalue weighted by molar-refractivity contribution is 0.0758. The minimum Gasteiger partial charge on any atom is -0.472 e. The fraction of sp³-hybridized carbons (Fsp3) is 0.588. The molecule has 0 saturated carbocycles. The Morgan fingerprint density at radius 1 is 1.15 bits per heavy atom. The van der Waals surface area contributed by atoms with E-state index in [0.29, 0.717) is 44.7 Å². The van der Waals surface area contributed by atoms with Crippen molar-refractivity contribution in [1.29, 1.82) is 0 Å². The van der Waals surface area contributed by atoms with Gasteiger partial charge in [0.05, 0.1) is 18.1 Å². The maximum absolute atomic E-state index is 12.6. The Hall–Kier alpha value is -2.20. The second-order valence-corrected chi connectivity index (χ2v) is 9.10. The van der Waals surface area contributed by atoms with Crippen LogP contribution in [0.15, 0.2) is 23.0 Å². The lowest BCUT2D eigenvalue weighted by Gasteiger charge is -2.30. The zero-order valence-corrected chi connectivity index (χ0v) is 16.1. The normalized spacial score (nSPS) is 19.7. The van der Waals surface area contributed by atoms with Gasteiger partial charge in [0.1, 0.15) is 17.9 Å². The van der Waals surface area contributed by atoms with Crippen LogP contribution >= 0.6 is 0 Å². The maximum Gasteiger partial charge on any atom is 0.257 e. The Morgan fingerprint density at radius 2 is 1.93 bits per heavy atom. The summed E-state index contributed by atoms with van der Waals surface area (Å²) in [7, 11) is -3.14. The topological polar surface area (TPSA) is 102 Å². The van der Waals surface area contributed by atoms with E-state index < -0.39 is 10.0 Å². The fourth-order valence-corrected chi connectivity index (χ4v) is 4.74. The minimum atomic E-state index is -3.14. The van der Waals surface area contributed by atoms with Crippen LogP contribution < -0.4 is 0 Å². The monoisotopic (exact) mass is 393 g/mol. The number of hydrogen-bond acceptors (Lipinski definition) is 6. The van der Waals surface area contributed by atoms with E-state index in [1.54, 1.807) is 6.07 Å². The number of hydrogen-bond donors (Lipinski definition) is 0. The summed E-state index contributed by atoms with van der Waals surface area (Å²) >= 11 is 0. The van der Waals surface area contributed by atoms with Gasteiger partial charge in [-0.3, -0.25) is 4.79 Å². The van der Waals surface area contributed by atoms with Gasteiger partial charge in [-0.2, -0.15) is 0 Å². The van der Waals surface area contributed by atoms with E-state index in [4.69, 9.17) is 4.42 Å². The molecule has 2 aromatic rings. The Kier molecular flexibility index (Phi) is 4.77. The van der Waals surface area contributed by atoms with E-state index in [9.17, 15) is 13.2 Å². The molecule has 9 nitrogen and oxygen atoms in total. The average Bonchev–Trinajstić information content (AvgIpc) is 3.27. The molecule has 146 valence electrons. The third-order valence-electron chi connectivity index (χ3n) is 5.40. The molecule has 2 aliphatic rings. The molecule has 0 N–H and O–H groups in total. The standard InChI is InChI=1S/C17H23N5O4S/c1-27(24,25)21-7-2-13(3-8-21)16-19-18-15-4-6-20(9-10-22(15)16)17(23)14-5-11-26-12-14/h5,11-13H,2-4,6-10H2,1H3. The molecule has 0 atom stereocenters. The van der Waals surface area contributed by atoms with Gasteiger partial charge in [-0.1, -0.05) is 0 Å². The SMILES string of the molecule is CS(=O)(=O)N1CCC(c2nnc3n2CCN(C(=O)c2ccoc2)CC3)CC1. The van der Waals surface area contributed by atoms with Crippen molar-refractivity contribution in [2.75, 3.05) is 32.4 Å². The quantitative estimate of drug-likeness (QED) is 0.761.